The molecule has 0 saturated carbocycles. The molecule has 0 radical (unpaired) electrons. The summed E-state index contributed by atoms with van der Waals surface area (Å²) in [6, 6.07) is 18.2. The summed E-state index contributed by atoms with van der Waals surface area (Å²) in [5, 5.41) is 17.4. The minimum Gasteiger partial charge on any atom is -0.358 e. The average Bonchev–Trinajstić information content (AvgIpc) is 2.98. The fourth-order valence-corrected chi connectivity index (χ4v) is 2.77. The molecule has 1 atom stereocenters. The lowest BCUT2D eigenvalue weighted by molar-refractivity contribution is 0.305. The van der Waals surface area contributed by atoms with Crippen molar-refractivity contribution in [3.63, 3.8) is 0 Å². The summed E-state index contributed by atoms with van der Waals surface area (Å²) in [5.74, 6) is 0.218. The molecule has 2 aromatic rings. The van der Waals surface area contributed by atoms with Gasteiger partial charge in [-0.05, 0) is 23.3 Å². The van der Waals surface area contributed by atoms with Crippen LogP contribution in [0.3, 0.4) is 0 Å². The zero-order chi connectivity index (χ0) is 15.4. The number of nitrogens with zero attached hydrogens (tertiary/aromatic N) is 2. The molecule has 5 heteroatoms. The number of rotatable bonds is 5. The number of halogens is 1. The van der Waals surface area contributed by atoms with E-state index in [-0.39, 0.29) is 5.92 Å². The monoisotopic (exact) mass is 312 g/mol. The van der Waals surface area contributed by atoms with Crippen LogP contribution in [0.1, 0.15) is 17.0 Å². The number of nitrogens with one attached hydrogen (secondary N) is 2. The Labute approximate surface area is 134 Å². The molecule has 4 nitrogen and oxygen atoms in total. The summed E-state index contributed by atoms with van der Waals surface area (Å²) in [7, 11) is 0. The van der Waals surface area contributed by atoms with Crippen LogP contribution in [0.5, 0.6) is 0 Å². The summed E-state index contributed by atoms with van der Waals surface area (Å²) < 4.78 is 0. The third-order valence-electron chi connectivity index (χ3n) is 3.69. The quantitative estimate of drug-likeness (QED) is 0.657. The van der Waals surface area contributed by atoms with Gasteiger partial charge in [-0.2, -0.15) is 5.10 Å². The third-order valence-corrected chi connectivity index (χ3v) is 3.94. The van der Waals surface area contributed by atoms with E-state index in [1.165, 1.54) is 11.9 Å². The van der Waals surface area contributed by atoms with Gasteiger partial charge in [0, 0.05) is 10.9 Å². The molecule has 112 valence electrons. The van der Waals surface area contributed by atoms with E-state index in [9.17, 15) is 0 Å². The lowest BCUT2D eigenvalue weighted by Gasteiger charge is -2.16. The molecule has 3 rings (SSSR count). The average molecular weight is 313 g/mol. The van der Waals surface area contributed by atoms with E-state index >= 15 is 0 Å². The van der Waals surface area contributed by atoms with Crippen molar-refractivity contribution in [1.82, 2.24) is 10.3 Å². The fraction of sp³-hybridized carbons (Fsp3) is 0.176. The van der Waals surface area contributed by atoms with E-state index in [0.29, 0.717) is 6.67 Å². The first-order valence-corrected chi connectivity index (χ1v) is 7.52. The summed E-state index contributed by atoms with van der Waals surface area (Å²) in [6.07, 6.45) is 1.19. The van der Waals surface area contributed by atoms with E-state index in [0.717, 1.165) is 22.8 Å². The van der Waals surface area contributed by atoms with Crippen molar-refractivity contribution in [3.05, 3.63) is 70.7 Å². The van der Waals surface area contributed by atoms with Gasteiger partial charge in [0.2, 0.25) is 0 Å². The molecule has 2 aromatic carbocycles. The molecule has 22 heavy (non-hydrogen) atoms. The first-order valence-electron chi connectivity index (χ1n) is 7.14. The standard InChI is InChI=1S/C17H17ClN4/c18-15-8-6-14(7-9-15)17-16(13-4-2-1-3-5-13)10-22(21-17)12-20-11-19/h1-9,11,16H,10,12H2,(H2,19,20). The van der Waals surface area contributed by atoms with Crippen LogP contribution < -0.4 is 5.32 Å². The fourth-order valence-electron chi connectivity index (χ4n) is 2.64. The molecule has 1 heterocycles. The first-order chi connectivity index (χ1) is 10.8. The lowest BCUT2D eigenvalue weighted by Crippen LogP contribution is -2.29. The van der Waals surface area contributed by atoms with Gasteiger partial charge in [-0.25, -0.2) is 0 Å². The zero-order valence-corrected chi connectivity index (χ0v) is 12.8. The Kier molecular flexibility index (Phi) is 4.39. The van der Waals surface area contributed by atoms with E-state index in [2.05, 4.69) is 17.4 Å². The second-order valence-electron chi connectivity index (χ2n) is 5.15. The molecule has 0 amide bonds. The molecule has 0 aromatic heterocycles. The second kappa shape index (κ2) is 6.62. The summed E-state index contributed by atoms with van der Waals surface area (Å²) in [4.78, 5) is 0. The molecule has 0 aliphatic carbocycles. The van der Waals surface area contributed by atoms with Gasteiger partial charge in [0.05, 0.1) is 18.6 Å². The normalized spacial score (nSPS) is 17.2. The van der Waals surface area contributed by atoms with E-state index < -0.39 is 0 Å². The van der Waals surface area contributed by atoms with E-state index in [1.807, 2.05) is 47.5 Å². The number of hydrogen-bond donors (Lipinski definition) is 2. The van der Waals surface area contributed by atoms with Gasteiger partial charge >= 0.3 is 0 Å². The predicted molar refractivity (Wildman–Crippen MR) is 90.7 cm³/mol. The van der Waals surface area contributed by atoms with Crippen LogP contribution in [0, 0.1) is 5.41 Å². The van der Waals surface area contributed by atoms with Crippen LogP contribution in [-0.4, -0.2) is 30.3 Å². The van der Waals surface area contributed by atoms with Crippen LogP contribution in [-0.2, 0) is 0 Å². The lowest BCUT2D eigenvalue weighted by atomic mass is 9.91. The highest BCUT2D eigenvalue weighted by Crippen LogP contribution is 2.28. The van der Waals surface area contributed by atoms with Crippen LogP contribution in [0.15, 0.2) is 59.7 Å². The Morgan fingerprint density at radius 2 is 1.91 bits per heavy atom. The topological polar surface area (TPSA) is 51.5 Å². The third kappa shape index (κ3) is 3.12. The summed E-state index contributed by atoms with van der Waals surface area (Å²) in [5.41, 5.74) is 3.36. The molecule has 0 spiro atoms. The Bertz CT molecular complexity index is 667. The van der Waals surface area contributed by atoms with Crippen molar-refractivity contribution in [2.75, 3.05) is 13.2 Å². The SMILES string of the molecule is N=CNCN1CC(c2ccccc2)C(c2ccc(Cl)cc2)=N1. The van der Waals surface area contributed by atoms with Gasteiger partial charge in [0.25, 0.3) is 0 Å². The predicted octanol–water partition coefficient (Wildman–Crippen LogP) is 3.30. The van der Waals surface area contributed by atoms with Gasteiger partial charge in [0.1, 0.15) is 6.67 Å². The number of hydrogen-bond acceptors (Lipinski definition) is 3. The Hall–Kier alpha value is -2.33. The second-order valence-corrected chi connectivity index (χ2v) is 5.59. The molecule has 2 N–H and O–H groups in total. The minimum absolute atomic E-state index is 0.218. The van der Waals surface area contributed by atoms with Crippen molar-refractivity contribution < 1.29 is 0 Å². The minimum atomic E-state index is 0.218. The Morgan fingerprint density at radius 1 is 1.18 bits per heavy atom. The van der Waals surface area contributed by atoms with Crippen molar-refractivity contribution in [1.29, 1.82) is 5.41 Å². The molecular formula is C17H17ClN4. The molecule has 0 fully saturated rings. The molecule has 0 saturated heterocycles. The van der Waals surface area contributed by atoms with Crippen molar-refractivity contribution in [2.24, 2.45) is 5.10 Å². The van der Waals surface area contributed by atoms with Gasteiger partial charge in [-0.15, -0.1) is 0 Å². The maximum Gasteiger partial charge on any atom is 0.105 e. The Morgan fingerprint density at radius 3 is 2.59 bits per heavy atom. The van der Waals surface area contributed by atoms with E-state index in [4.69, 9.17) is 22.1 Å². The van der Waals surface area contributed by atoms with Gasteiger partial charge in [-0.1, -0.05) is 54.1 Å². The van der Waals surface area contributed by atoms with Gasteiger partial charge < -0.3 is 5.32 Å². The van der Waals surface area contributed by atoms with Crippen molar-refractivity contribution in [2.45, 2.75) is 5.92 Å². The van der Waals surface area contributed by atoms with Gasteiger partial charge in [-0.3, -0.25) is 10.4 Å². The molecule has 1 unspecified atom stereocenters. The van der Waals surface area contributed by atoms with Crippen molar-refractivity contribution >= 4 is 23.7 Å². The van der Waals surface area contributed by atoms with Crippen molar-refractivity contribution in [3.8, 4) is 0 Å². The van der Waals surface area contributed by atoms with Crippen LogP contribution in [0.25, 0.3) is 0 Å². The van der Waals surface area contributed by atoms with E-state index in [1.54, 1.807) is 0 Å². The molecule has 1 aliphatic rings. The maximum atomic E-state index is 7.09. The summed E-state index contributed by atoms with van der Waals surface area (Å²) >= 11 is 5.98. The number of benzene rings is 2. The molecular weight excluding hydrogens is 296 g/mol. The largest absolute Gasteiger partial charge is 0.358 e. The highest BCUT2D eigenvalue weighted by Gasteiger charge is 2.28. The molecule has 1 aliphatic heterocycles. The maximum absolute atomic E-state index is 7.09. The van der Waals surface area contributed by atoms with Crippen LogP contribution >= 0.6 is 11.6 Å². The van der Waals surface area contributed by atoms with Gasteiger partial charge in [0.15, 0.2) is 0 Å². The van der Waals surface area contributed by atoms with Crippen LogP contribution in [0.4, 0.5) is 0 Å². The van der Waals surface area contributed by atoms with Crippen LogP contribution in [0.2, 0.25) is 5.02 Å². The number of hydrazone groups is 1. The smallest absolute Gasteiger partial charge is 0.105 e. The molecule has 0 bridgehead atoms. The highest BCUT2D eigenvalue weighted by atomic mass is 35.5. The highest BCUT2D eigenvalue weighted by molar-refractivity contribution is 6.30. The Balaban J connectivity index is 1.92. The summed E-state index contributed by atoms with van der Waals surface area (Å²) in [6.45, 7) is 1.33. The zero-order valence-electron chi connectivity index (χ0n) is 12.0. The first kappa shape index (κ1) is 14.6.